The number of pyridine rings is 1. The minimum Gasteiger partial charge on any atom is -0.480 e. The van der Waals surface area contributed by atoms with E-state index in [-0.39, 0.29) is 12.3 Å². The second-order valence-electron chi connectivity index (χ2n) is 4.61. The average Bonchev–Trinajstić information content (AvgIpc) is 2.32. The maximum absolute atomic E-state index is 11.7. The normalized spacial score (nSPS) is 16.7. The van der Waals surface area contributed by atoms with Gasteiger partial charge in [-0.1, -0.05) is 6.07 Å². The largest absolute Gasteiger partial charge is 0.480 e. The SMILES string of the molecule is O=C(CCc1ccccn1)NC1(C(=O)O)CCC1. The van der Waals surface area contributed by atoms with Crippen LogP contribution in [-0.4, -0.2) is 27.5 Å². The van der Waals surface area contributed by atoms with Crippen LogP contribution in [0.1, 0.15) is 31.4 Å². The zero-order valence-electron chi connectivity index (χ0n) is 10.1. The summed E-state index contributed by atoms with van der Waals surface area (Å²) < 4.78 is 0. The molecule has 1 aromatic rings. The Balaban J connectivity index is 1.84. The standard InChI is InChI=1S/C13H16N2O3/c16-11(6-5-10-4-1-2-9-14-10)15-13(12(17)18)7-3-8-13/h1-2,4,9H,3,5-8H2,(H,15,16)(H,17,18). The van der Waals surface area contributed by atoms with Gasteiger partial charge in [-0.3, -0.25) is 9.78 Å². The van der Waals surface area contributed by atoms with E-state index in [2.05, 4.69) is 10.3 Å². The van der Waals surface area contributed by atoms with E-state index in [4.69, 9.17) is 5.11 Å². The number of aliphatic carboxylic acids is 1. The molecule has 1 amide bonds. The van der Waals surface area contributed by atoms with E-state index in [0.717, 1.165) is 12.1 Å². The number of nitrogens with zero attached hydrogens (tertiary/aromatic N) is 1. The van der Waals surface area contributed by atoms with Crippen molar-refractivity contribution in [1.82, 2.24) is 10.3 Å². The fraction of sp³-hybridized carbons (Fsp3) is 0.462. The molecule has 0 aromatic carbocycles. The molecule has 1 heterocycles. The van der Waals surface area contributed by atoms with Crippen molar-refractivity contribution < 1.29 is 14.7 Å². The number of hydrogen-bond donors (Lipinski definition) is 2. The van der Waals surface area contributed by atoms with Crippen LogP contribution in [-0.2, 0) is 16.0 Å². The van der Waals surface area contributed by atoms with Crippen molar-refractivity contribution in [1.29, 1.82) is 0 Å². The summed E-state index contributed by atoms with van der Waals surface area (Å²) in [4.78, 5) is 26.9. The summed E-state index contributed by atoms with van der Waals surface area (Å²) in [7, 11) is 0. The number of aryl methyl sites for hydroxylation is 1. The van der Waals surface area contributed by atoms with Crippen LogP contribution in [0.3, 0.4) is 0 Å². The Labute approximate surface area is 105 Å². The highest BCUT2D eigenvalue weighted by atomic mass is 16.4. The number of nitrogens with one attached hydrogen (secondary N) is 1. The van der Waals surface area contributed by atoms with Crippen LogP contribution in [0.4, 0.5) is 0 Å². The van der Waals surface area contributed by atoms with Crippen LogP contribution in [0.25, 0.3) is 0 Å². The Morgan fingerprint density at radius 3 is 2.67 bits per heavy atom. The molecular formula is C13H16N2O3. The molecule has 0 spiro atoms. The van der Waals surface area contributed by atoms with Gasteiger partial charge < -0.3 is 10.4 Å². The van der Waals surface area contributed by atoms with Crippen molar-refractivity contribution in [3.8, 4) is 0 Å². The second-order valence-corrected chi connectivity index (χ2v) is 4.61. The highest BCUT2D eigenvalue weighted by molar-refractivity contribution is 5.87. The Morgan fingerprint density at radius 1 is 1.39 bits per heavy atom. The monoisotopic (exact) mass is 248 g/mol. The minimum atomic E-state index is -1.01. The van der Waals surface area contributed by atoms with Crippen molar-refractivity contribution in [2.24, 2.45) is 0 Å². The van der Waals surface area contributed by atoms with Gasteiger partial charge in [-0.2, -0.15) is 0 Å². The predicted octanol–water partition coefficient (Wildman–Crippen LogP) is 1.14. The molecule has 1 fully saturated rings. The molecular weight excluding hydrogens is 232 g/mol. The van der Waals surface area contributed by atoms with Crippen LogP contribution in [0.2, 0.25) is 0 Å². The van der Waals surface area contributed by atoms with Gasteiger partial charge in [-0.05, 0) is 37.8 Å². The van der Waals surface area contributed by atoms with E-state index < -0.39 is 11.5 Å². The van der Waals surface area contributed by atoms with E-state index in [1.807, 2.05) is 18.2 Å². The Hall–Kier alpha value is -1.91. The lowest BCUT2D eigenvalue weighted by Gasteiger charge is -2.38. The van der Waals surface area contributed by atoms with E-state index in [1.54, 1.807) is 6.20 Å². The first-order chi connectivity index (χ1) is 8.62. The molecule has 0 bridgehead atoms. The summed E-state index contributed by atoms with van der Waals surface area (Å²) in [5.41, 5.74) is -0.174. The van der Waals surface area contributed by atoms with E-state index in [9.17, 15) is 9.59 Å². The van der Waals surface area contributed by atoms with Gasteiger partial charge in [0.25, 0.3) is 0 Å². The average molecular weight is 248 g/mol. The zero-order chi connectivity index (χ0) is 13.0. The predicted molar refractivity (Wildman–Crippen MR) is 64.9 cm³/mol. The smallest absolute Gasteiger partial charge is 0.329 e. The first kappa shape index (κ1) is 12.5. The van der Waals surface area contributed by atoms with Gasteiger partial charge in [0, 0.05) is 18.3 Å². The molecule has 0 atom stereocenters. The Bertz CT molecular complexity index is 441. The van der Waals surface area contributed by atoms with Gasteiger partial charge in [0.2, 0.25) is 5.91 Å². The van der Waals surface area contributed by atoms with E-state index in [1.165, 1.54) is 0 Å². The Morgan fingerprint density at radius 2 is 2.17 bits per heavy atom. The van der Waals surface area contributed by atoms with Crippen LogP contribution >= 0.6 is 0 Å². The first-order valence-electron chi connectivity index (χ1n) is 6.07. The van der Waals surface area contributed by atoms with Crippen LogP contribution in [0.15, 0.2) is 24.4 Å². The molecule has 0 unspecified atom stereocenters. The number of carbonyl (C=O) groups excluding carboxylic acids is 1. The fourth-order valence-corrected chi connectivity index (χ4v) is 2.04. The molecule has 1 aliphatic carbocycles. The van der Waals surface area contributed by atoms with E-state index >= 15 is 0 Å². The highest BCUT2D eigenvalue weighted by Gasteiger charge is 2.45. The number of aromatic nitrogens is 1. The molecule has 96 valence electrons. The number of carboxylic acid groups (broad SMARTS) is 1. The zero-order valence-corrected chi connectivity index (χ0v) is 10.1. The lowest BCUT2D eigenvalue weighted by molar-refractivity contribution is -0.151. The summed E-state index contributed by atoms with van der Waals surface area (Å²) in [6.07, 6.45) is 4.38. The summed E-state index contributed by atoms with van der Waals surface area (Å²) in [6, 6.07) is 5.53. The van der Waals surface area contributed by atoms with Crippen molar-refractivity contribution in [3.63, 3.8) is 0 Å². The van der Waals surface area contributed by atoms with E-state index in [0.29, 0.717) is 19.3 Å². The van der Waals surface area contributed by atoms with Crippen molar-refractivity contribution in [2.75, 3.05) is 0 Å². The number of carboxylic acids is 1. The van der Waals surface area contributed by atoms with Gasteiger partial charge >= 0.3 is 5.97 Å². The third-order valence-corrected chi connectivity index (χ3v) is 3.33. The third kappa shape index (κ3) is 2.67. The molecule has 1 saturated carbocycles. The number of carbonyl (C=O) groups is 2. The molecule has 5 nitrogen and oxygen atoms in total. The van der Waals surface area contributed by atoms with Crippen LogP contribution in [0, 0.1) is 0 Å². The molecule has 1 aliphatic rings. The molecule has 0 saturated heterocycles. The first-order valence-corrected chi connectivity index (χ1v) is 6.07. The summed E-state index contributed by atoms with van der Waals surface area (Å²) >= 11 is 0. The number of hydrogen-bond acceptors (Lipinski definition) is 3. The lowest BCUT2D eigenvalue weighted by atomic mass is 9.76. The topological polar surface area (TPSA) is 79.3 Å². The maximum atomic E-state index is 11.7. The fourth-order valence-electron chi connectivity index (χ4n) is 2.04. The highest BCUT2D eigenvalue weighted by Crippen LogP contribution is 2.32. The Kier molecular flexibility index (Phi) is 3.60. The summed E-state index contributed by atoms with van der Waals surface area (Å²) in [6.45, 7) is 0. The maximum Gasteiger partial charge on any atom is 0.329 e. The van der Waals surface area contributed by atoms with Gasteiger partial charge in [-0.25, -0.2) is 4.79 Å². The van der Waals surface area contributed by atoms with Gasteiger partial charge in [0.1, 0.15) is 5.54 Å². The van der Waals surface area contributed by atoms with Gasteiger partial charge in [-0.15, -0.1) is 0 Å². The minimum absolute atomic E-state index is 0.220. The second kappa shape index (κ2) is 5.16. The summed E-state index contributed by atoms with van der Waals surface area (Å²) in [5, 5.41) is 11.7. The van der Waals surface area contributed by atoms with Crippen molar-refractivity contribution in [3.05, 3.63) is 30.1 Å². The molecule has 5 heteroatoms. The molecule has 1 aromatic heterocycles. The van der Waals surface area contributed by atoms with Gasteiger partial charge in [0.15, 0.2) is 0 Å². The molecule has 18 heavy (non-hydrogen) atoms. The van der Waals surface area contributed by atoms with Crippen LogP contribution in [0.5, 0.6) is 0 Å². The molecule has 2 rings (SSSR count). The van der Waals surface area contributed by atoms with Gasteiger partial charge in [0.05, 0.1) is 0 Å². The van der Waals surface area contributed by atoms with Crippen molar-refractivity contribution in [2.45, 2.75) is 37.6 Å². The number of rotatable bonds is 5. The lowest BCUT2D eigenvalue weighted by Crippen LogP contribution is -2.59. The summed E-state index contributed by atoms with van der Waals surface area (Å²) in [5.74, 6) is -1.15. The number of amides is 1. The molecule has 0 radical (unpaired) electrons. The van der Waals surface area contributed by atoms with Crippen molar-refractivity contribution >= 4 is 11.9 Å². The quantitative estimate of drug-likeness (QED) is 0.819. The third-order valence-electron chi connectivity index (χ3n) is 3.33. The van der Waals surface area contributed by atoms with Crippen LogP contribution < -0.4 is 5.32 Å². The molecule has 0 aliphatic heterocycles. The molecule has 2 N–H and O–H groups in total.